The van der Waals surface area contributed by atoms with Gasteiger partial charge in [-0.05, 0) is 29.4 Å². The van der Waals surface area contributed by atoms with Crippen LogP contribution in [0.1, 0.15) is 20.8 Å². The van der Waals surface area contributed by atoms with E-state index >= 15 is 0 Å². The van der Waals surface area contributed by atoms with Gasteiger partial charge in [-0.3, -0.25) is 0 Å². The van der Waals surface area contributed by atoms with Crippen LogP contribution in [0.3, 0.4) is 0 Å². The summed E-state index contributed by atoms with van der Waals surface area (Å²) in [6.45, 7) is 6.47. The van der Waals surface area contributed by atoms with Crippen LogP contribution in [0, 0.1) is 4.91 Å². The minimum atomic E-state index is 0.204. The third-order valence-corrected chi connectivity index (χ3v) is 2.49. The topological polar surface area (TPSA) is 29.4 Å². The van der Waals surface area contributed by atoms with Gasteiger partial charge in [-0.15, -0.1) is 16.7 Å². The van der Waals surface area contributed by atoms with Crippen LogP contribution in [0.2, 0.25) is 0 Å². The Morgan fingerprint density at radius 1 is 1.15 bits per heavy atom. The van der Waals surface area contributed by atoms with E-state index in [0.717, 1.165) is 0 Å². The molecule has 0 saturated carbocycles. The quantitative estimate of drug-likeness (QED) is 0.527. The summed E-state index contributed by atoms with van der Waals surface area (Å²) in [6.07, 6.45) is 0. The first kappa shape index (κ1) is 10.3. The van der Waals surface area contributed by atoms with Gasteiger partial charge in [0.15, 0.2) is 0 Å². The first-order valence-electron chi connectivity index (χ1n) is 4.14. The molecule has 0 aliphatic carbocycles. The lowest BCUT2D eigenvalue weighted by Crippen LogP contribution is -2.06. The SMILES string of the molecule is CC(C)(C)Sc1ccc(N=O)cc1. The zero-order chi connectivity index (χ0) is 9.90. The molecule has 0 unspecified atom stereocenters. The van der Waals surface area contributed by atoms with E-state index < -0.39 is 0 Å². The van der Waals surface area contributed by atoms with Crippen LogP contribution in [-0.2, 0) is 0 Å². The minimum absolute atomic E-state index is 0.204. The summed E-state index contributed by atoms with van der Waals surface area (Å²) in [7, 11) is 0. The predicted molar refractivity (Wildman–Crippen MR) is 57.5 cm³/mol. The number of benzene rings is 1. The second-order valence-electron chi connectivity index (χ2n) is 3.80. The minimum Gasteiger partial charge on any atom is -0.145 e. The lowest BCUT2D eigenvalue weighted by molar-refractivity contribution is 0.803. The van der Waals surface area contributed by atoms with Crippen LogP contribution in [0.25, 0.3) is 0 Å². The van der Waals surface area contributed by atoms with Crippen LogP contribution in [-0.4, -0.2) is 4.75 Å². The van der Waals surface area contributed by atoms with Gasteiger partial charge in [0.25, 0.3) is 0 Å². The zero-order valence-corrected chi connectivity index (χ0v) is 8.89. The summed E-state index contributed by atoms with van der Waals surface area (Å²) >= 11 is 1.78. The molecule has 70 valence electrons. The largest absolute Gasteiger partial charge is 0.145 e. The molecule has 0 bridgehead atoms. The number of rotatable bonds is 2. The molecule has 0 atom stereocenters. The molecule has 0 N–H and O–H groups in total. The highest BCUT2D eigenvalue weighted by Gasteiger charge is 2.11. The van der Waals surface area contributed by atoms with Gasteiger partial charge in [-0.2, -0.15) is 0 Å². The van der Waals surface area contributed by atoms with Crippen LogP contribution >= 0.6 is 11.8 Å². The van der Waals surface area contributed by atoms with Crippen molar-refractivity contribution in [2.45, 2.75) is 30.4 Å². The molecule has 0 aliphatic heterocycles. The monoisotopic (exact) mass is 195 g/mol. The van der Waals surface area contributed by atoms with Crippen molar-refractivity contribution in [2.75, 3.05) is 0 Å². The van der Waals surface area contributed by atoms with Gasteiger partial charge >= 0.3 is 0 Å². The molecule has 3 heteroatoms. The van der Waals surface area contributed by atoms with E-state index in [4.69, 9.17) is 0 Å². The third-order valence-electron chi connectivity index (χ3n) is 1.37. The van der Waals surface area contributed by atoms with Crippen molar-refractivity contribution in [3.63, 3.8) is 0 Å². The Morgan fingerprint density at radius 3 is 2.08 bits per heavy atom. The van der Waals surface area contributed by atoms with Gasteiger partial charge in [0.2, 0.25) is 0 Å². The highest BCUT2D eigenvalue weighted by molar-refractivity contribution is 8.00. The smallest absolute Gasteiger partial charge is 0.108 e. The van der Waals surface area contributed by atoms with Crippen molar-refractivity contribution < 1.29 is 0 Å². The Kier molecular flexibility index (Phi) is 3.09. The van der Waals surface area contributed by atoms with Gasteiger partial charge in [0.05, 0.1) is 0 Å². The molecular weight excluding hydrogens is 182 g/mol. The van der Waals surface area contributed by atoms with Gasteiger partial charge < -0.3 is 0 Å². The lowest BCUT2D eigenvalue weighted by atomic mass is 10.3. The van der Waals surface area contributed by atoms with E-state index in [2.05, 4.69) is 25.9 Å². The molecule has 0 aromatic heterocycles. The van der Waals surface area contributed by atoms with Crippen molar-refractivity contribution in [3.05, 3.63) is 29.2 Å². The van der Waals surface area contributed by atoms with E-state index in [1.54, 1.807) is 23.9 Å². The Balaban J connectivity index is 2.75. The molecule has 1 rings (SSSR count). The van der Waals surface area contributed by atoms with E-state index in [1.807, 2.05) is 12.1 Å². The first-order chi connectivity index (χ1) is 6.01. The summed E-state index contributed by atoms with van der Waals surface area (Å²) in [5.74, 6) is 0. The summed E-state index contributed by atoms with van der Waals surface area (Å²) in [5.41, 5.74) is 0.484. The maximum absolute atomic E-state index is 10.1. The maximum Gasteiger partial charge on any atom is 0.108 e. The fourth-order valence-electron chi connectivity index (χ4n) is 0.929. The molecule has 0 aliphatic rings. The molecule has 13 heavy (non-hydrogen) atoms. The van der Waals surface area contributed by atoms with Crippen LogP contribution in [0.5, 0.6) is 0 Å². The van der Waals surface area contributed by atoms with E-state index in [-0.39, 0.29) is 4.75 Å². The summed E-state index contributed by atoms with van der Waals surface area (Å²) in [6, 6.07) is 7.32. The number of thioether (sulfide) groups is 1. The standard InChI is InChI=1S/C10H13NOS/c1-10(2,3)13-9-6-4-8(11-12)5-7-9/h4-7H,1-3H3. The molecule has 0 spiro atoms. The average molecular weight is 195 g/mol. The average Bonchev–Trinajstić information content (AvgIpc) is 2.03. The predicted octanol–water partition coefficient (Wildman–Crippen LogP) is 3.98. The second-order valence-corrected chi connectivity index (χ2v) is 5.70. The molecular formula is C10H13NOS. The van der Waals surface area contributed by atoms with Crippen LogP contribution in [0.15, 0.2) is 34.3 Å². The molecule has 0 amide bonds. The summed E-state index contributed by atoms with van der Waals surface area (Å²) in [4.78, 5) is 11.3. The Morgan fingerprint density at radius 2 is 1.69 bits per heavy atom. The van der Waals surface area contributed by atoms with Crippen LogP contribution < -0.4 is 0 Å². The Labute approximate surface area is 82.7 Å². The van der Waals surface area contributed by atoms with Crippen LogP contribution in [0.4, 0.5) is 5.69 Å². The fourth-order valence-corrected chi connectivity index (χ4v) is 1.91. The molecule has 1 aromatic rings. The number of hydrogen-bond acceptors (Lipinski definition) is 3. The van der Waals surface area contributed by atoms with Gasteiger partial charge in [-0.1, -0.05) is 20.8 Å². The second kappa shape index (κ2) is 3.92. The molecule has 0 heterocycles. The van der Waals surface area contributed by atoms with E-state index in [1.165, 1.54) is 4.90 Å². The number of nitrogens with zero attached hydrogens (tertiary/aromatic N) is 1. The lowest BCUT2D eigenvalue weighted by Gasteiger charge is -2.17. The summed E-state index contributed by atoms with van der Waals surface area (Å²) < 4.78 is 0.204. The highest BCUT2D eigenvalue weighted by Crippen LogP contribution is 2.32. The molecule has 2 nitrogen and oxygen atoms in total. The number of nitroso groups, excluding NO2 is 1. The van der Waals surface area contributed by atoms with Gasteiger partial charge in [0.1, 0.15) is 5.69 Å². The van der Waals surface area contributed by atoms with Crippen molar-refractivity contribution >= 4 is 17.4 Å². The fraction of sp³-hybridized carbons (Fsp3) is 0.400. The normalized spacial score (nSPS) is 11.3. The maximum atomic E-state index is 10.1. The van der Waals surface area contributed by atoms with Gasteiger partial charge in [-0.25, -0.2) is 0 Å². The zero-order valence-electron chi connectivity index (χ0n) is 8.07. The van der Waals surface area contributed by atoms with Crippen molar-refractivity contribution in [1.82, 2.24) is 0 Å². The summed E-state index contributed by atoms with van der Waals surface area (Å²) in [5, 5.41) is 2.85. The molecule has 1 aromatic carbocycles. The molecule has 0 saturated heterocycles. The molecule has 0 radical (unpaired) electrons. The van der Waals surface area contributed by atoms with E-state index in [0.29, 0.717) is 5.69 Å². The van der Waals surface area contributed by atoms with Crippen molar-refractivity contribution in [3.8, 4) is 0 Å². The third kappa shape index (κ3) is 3.59. The molecule has 0 fully saturated rings. The van der Waals surface area contributed by atoms with Crippen molar-refractivity contribution in [1.29, 1.82) is 0 Å². The number of hydrogen-bond donors (Lipinski definition) is 0. The Bertz CT molecular complexity index is 287. The highest BCUT2D eigenvalue weighted by atomic mass is 32.2. The first-order valence-corrected chi connectivity index (χ1v) is 4.95. The van der Waals surface area contributed by atoms with Crippen molar-refractivity contribution in [2.24, 2.45) is 5.18 Å². The van der Waals surface area contributed by atoms with E-state index in [9.17, 15) is 4.91 Å². The Hall–Kier alpha value is -0.830. The van der Waals surface area contributed by atoms with Gasteiger partial charge in [0, 0.05) is 9.64 Å².